The monoisotopic (exact) mass is 338 g/mol. The molecule has 5 nitrogen and oxygen atoms in total. The van der Waals surface area contributed by atoms with Gasteiger partial charge < -0.3 is 15.4 Å². The van der Waals surface area contributed by atoms with Gasteiger partial charge in [-0.15, -0.1) is 0 Å². The Kier molecular flexibility index (Phi) is 6.77. The van der Waals surface area contributed by atoms with Crippen molar-refractivity contribution < 1.29 is 14.3 Å². The Morgan fingerprint density at radius 1 is 1.04 bits per heavy atom. The van der Waals surface area contributed by atoms with E-state index in [1.165, 1.54) is 7.11 Å². The van der Waals surface area contributed by atoms with Crippen LogP contribution in [0.3, 0.4) is 0 Å². The number of rotatable bonds is 7. The standard InChI is InChI=1S/C20H22N2O3/c1-3-16-11-7-8-12-17(16)22-18(13-19(23)25-2)20(24)21-14-15-9-5-4-6-10-15/h4-13,22H,3,14H2,1-2H3,(H,21,24)/b18-13-. The van der Waals surface area contributed by atoms with Crippen molar-refractivity contribution in [2.75, 3.05) is 12.4 Å². The van der Waals surface area contributed by atoms with Gasteiger partial charge in [-0.3, -0.25) is 4.79 Å². The number of anilines is 1. The predicted octanol–water partition coefficient (Wildman–Crippen LogP) is 3.03. The van der Waals surface area contributed by atoms with Crippen LogP contribution in [-0.4, -0.2) is 19.0 Å². The van der Waals surface area contributed by atoms with Gasteiger partial charge in [0.25, 0.3) is 5.91 Å². The third-order valence-corrected chi connectivity index (χ3v) is 3.67. The van der Waals surface area contributed by atoms with Gasteiger partial charge in [-0.05, 0) is 23.6 Å². The summed E-state index contributed by atoms with van der Waals surface area (Å²) in [5.74, 6) is -0.966. The van der Waals surface area contributed by atoms with Gasteiger partial charge in [0.1, 0.15) is 5.70 Å². The van der Waals surface area contributed by atoms with E-state index in [0.29, 0.717) is 6.54 Å². The fourth-order valence-electron chi connectivity index (χ4n) is 2.30. The van der Waals surface area contributed by atoms with Crippen LogP contribution in [-0.2, 0) is 27.3 Å². The van der Waals surface area contributed by atoms with E-state index < -0.39 is 5.97 Å². The number of para-hydroxylation sites is 1. The molecule has 0 spiro atoms. The van der Waals surface area contributed by atoms with Crippen molar-refractivity contribution in [1.82, 2.24) is 5.32 Å². The van der Waals surface area contributed by atoms with Crippen LogP contribution in [0.5, 0.6) is 0 Å². The molecule has 130 valence electrons. The number of ether oxygens (including phenoxy) is 1. The molecule has 0 bridgehead atoms. The minimum absolute atomic E-state index is 0.142. The summed E-state index contributed by atoms with van der Waals surface area (Å²) in [6, 6.07) is 17.2. The molecule has 0 aromatic heterocycles. The van der Waals surface area contributed by atoms with Crippen molar-refractivity contribution in [2.24, 2.45) is 0 Å². The molecular weight excluding hydrogens is 316 g/mol. The summed E-state index contributed by atoms with van der Waals surface area (Å²) < 4.78 is 4.65. The number of aryl methyl sites for hydroxylation is 1. The third kappa shape index (κ3) is 5.49. The highest BCUT2D eigenvalue weighted by Crippen LogP contribution is 2.17. The normalized spacial score (nSPS) is 10.9. The Labute approximate surface area is 147 Å². The molecular formula is C20H22N2O3. The number of hydrogen-bond acceptors (Lipinski definition) is 4. The van der Waals surface area contributed by atoms with Gasteiger partial charge in [0.05, 0.1) is 13.2 Å². The maximum absolute atomic E-state index is 12.5. The van der Waals surface area contributed by atoms with E-state index in [2.05, 4.69) is 15.4 Å². The highest BCUT2D eigenvalue weighted by molar-refractivity contribution is 6.01. The molecule has 2 rings (SSSR count). The van der Waals surface area contributed by atoms with E-state index in [0.717, 1.165) is 29.3 Å². The van der Waals surface area contributed by atoms with Crippen molar-refractivity contribution in [1.29, 1.82) is 0 Å². The second-order valence-corrected chi connectivity index (χ2v) is 5.39. The molecule has 2 aromatic carbocycles. The smallest absolute Gasteiger partial charge is 0.332 e. The Morgan fingerprint density at radius 2 is 1.72 bits per heavy atom. The van der Waals surface area contributed by atoms with Crippen molar-refractivity contribution >= 4 is 17.6 Å². The van der Waals surface area contributed by atoms with Crippen LogP contribution in [0.1, 0.15) is 18.1 Å². The molecule has 0 unspecified atom stereocenters. The molecule has 2 N–H and O–H groups in total. The molecule has 0 radical (unpaired) electrons. The second kappa shape index (κ2) is 9.27. The fraction of sp³-hybridized carbons (Fsp3) is 0.200. The van der Waals surface area contributed by atoms with E-state index in [-0.39, 0.29) is 11.6 Å². The number of amides is 1. The maximum atomic E-state index is 12.5. The van der Waals surface area contributed by atoms with Crippen molar-refractivity contribution in [3.05, 3.63) is 77.5 Å². The molecule has 25 heavy (non-hydrogen) atoms. The molecule has 0 heterocycles. The minimum Gasteiger partial charge on any atom is -0.466 e. The summed E-state index contributed by atoms with van der Waals surface area (Å²) in [7, 11) is 1.28. The molecule has 0 atom stereocenters. The second-order valence-electron chi connectivity index (χ2n) is 5.39. The average Bonchev–Trinajstić information content (AvgIpc) is 2.66. The first-order valence-electron chi connectivity index (χ1n) is 8.10. The quantitative estimate of drug-likeness (QED) is 0.601. The number of esters is 1. The lowest BCUT2D eigenvalue weighted by molar-refractivity contribution is -0.135. The van der Waals surface area contributed by atoms with Gasteiger partial charge in [0.2, 0.25) is 0 Å². The predicted molar refractivity (Wildman–Crippen MR) is 97.8 cm³/mol. The lowest BCUT2D eigenvalue weighted by atomic mass is 10.1. The first kappa shape index (κ1) is 18.3. The van der Waals surface area contributed by atoms with Gasteiger partial charge in [0, 0.05) is 12.2 Å². The largest absolute Gasteiger partial charge is 0.466 e. The lowest BCUT2D eigenvalue weighted by Gasteiger charge is -2.14. The molecule has 0 aliphatic carbocycles. The van der Waals surface area contributed by atoms with Crippen molar-refractivity contribution in [3.8, 4) is 0 Å². The lowest BCUT2D eigenvalue weighted by Crippen LogP contribution is -2.28. The summed E-state index contributed by atoms with van der Waals surface area (Å²) in [4.78, 5) is 24.1. The Balaban J connectivity index is 2.16. The number of hydrogen-bond donors (Lipinski definition) is 2. The van der Waals surface area contributed by atoms with Gasteiger partial charge in [-0.25, -0.2) is 4.79 Å². The summed E-state index contributed by atoms with van der Waals surface area (Å²) in [6.07, 6.45) is 1.97. The first-order valence-corrected chi connectivity index (χ1v) is 8.10. The molecule has 2 aromatic rings. The van der Waals surface area contributed by atoms with Crippen LogP contribution in [0.4, 0.5) is 5.69 Å². The number of nitrogens with one attached hydrogen (secondary N) is 2. The van der Waals surface area contributed by atoms with E-state index in [9.17, 15) is 9.59 Å². The Hall–Kier alpha value is -3.08. The number of methoxy groups -OCH3 is 1. The summed E-state index contributed by atoms with van der Waals surface area (Å²) in [5, 5.41) is 5.86. The topological polar surface area (TPSA) is 67.4 Å². The minimum atomic E-state index is -0.591. The van der Waals surface area contributed by atoms with Gasteiger partial charge in [0.15, 0.2) is 0 Å². The van der Waals surface area contributed by atoms with Gasteiger partial charge in [-0.1, -0.05) is 55.5 Å². The van der Waals surface area contributed by atoms with E-state index in [1.54, 1.807) is 0 Å². The molecule has 0 aliphatic heterocycles. The van der Waals surface area contributed by atoms with Gasteiger partial charge in [-0.2, -0.15) is 0 Å². The molecule has 1 amide bonds. The zero-order valence-corrected chi connectivity index (χ0v) is 14.4. The molecule has 0 saturated carbocycles. The summed E-state index contributed by atoms with van der Waals surface area (Å²) in [5.41, 5.74) is 2.95. The zero-order chi connectivity index (χ0) is 18.1. The molecule has 0 aliphatic rings. The first-order chi connectivity index (χ1) is 12.1. The number of carbonyl (C=O) groups is 2. The highest BCUT2D eigenvalue weighted by Gasteiger charge is 2.13. The molecule has 0 fully saturated rings. The Morgan fingerprint density at radius 3 is 2.40 bits per heavy atom. The maximum Gasteiger partial charge on any atom is 0.332 e. The SMILES string of the molecule is CCc1ccccc1N/C(=C\C(=O)OC)C(=O)NCc1ccccc1. The Bertz CT molecular complexity index is 755. The van der Waals surface area contributed by atoms with Gasteiger partial charge >= 0.3 is 5.97 Å². The van der Waals surface area contributed by atoms with E-state index >= 15 is 0 Å². The van der Waals surface area contributed by atoms with Crippen LogP contribution >= 0.6 is 0 Å². The van der Waals surface area contributed by atoms with E-state index in [1.807, 2.05) is 61.5 Å². The average molecular weight is 338 g/mol. The number of benzene rings is 2. The zero-order valence-electron chi connectivity index (χ0n) is 14.4. The number of carbonyl (C=O) groups excluding carboxylic acids is 2. The van der Waals surface area contributed by atoms with Crippen molar-refractivity contribution in [2.45, 2.75) is 19.9 Å². The fourth-order valence-corrected chi connectivity index (χ4v) is 2.30. The summed E-state index contributed by atoms with van der Waals surface area (Å²) in [6.45, 7) is 2.40. The molecule has 0 saturated heterocycles. The summed E-state index contributed by atoms with van der Waals surface area (Å²) >= 11 is 0. The highest BCUT2D eigenvalue weighted by atomic mass is 16.5. The van der Waals surface area contributed by atoms with Crippen LogP contribution in [0.2, 0.25) is 0 Å². The van der Waals surface area contributed by atoms with Crippen LogP contribution in [0.15, 0.2) is 66.4 Å². The van der Waals surface area contributed by atoms with Crippen LogP contribution in [0.25, 0.3) is 0 Å². The van der Waals surface area contributed by atoms with Crippen LogP contribution in [0, 0.1) is 0 Å². The van der Waals surface area contributed by atoms with Crippen LogP contribution < -0.4 is 10.6 Å². The molecule has 5 heteroatoms. The van der Waals surface area contributed by atoms with E-state index in [4.69, 9.17) is 0 Å². The van der Waals surface area contributed by atoms with Crippen molar-refractivity contribution in [3.63, 3.8) is 0 Å². The third-order valence-electron chi connectivity index (χ3n) is 3.67.